The topological polar surface area (TPSA) is 25.4 Å². The largest absolute Gasteiger partial charge is 0.378 e. The van der Waals surface area contributed by atoms with Gasteiger partial charge in [0.1, 0.15) is 0 Å². The fourth-order valence-corrected chi connectivity index (χ4v) is 2.00. The lowest BCUT2D eigenvalue weighted by atomic mass is 10.2. The van der Waals surface area contributed by atoms with E-state index < -0.39 is 0 Å². The summed E-state index contributed by atoms with van der Waals surface area (Å²) in [5.41, 5.74) is 2.19. The molecule has 0 aliphatic rings. The average Bonchev–Trinajstić information content (AvgIpc) is 2.43. The predicted octanol–water partition coefficient (Wildman–Crippen LogP) is 2.93. The van der Waals surface area contributed by atoms with Crippen LogP contribution in [0.15, 0.2) is 36.5 Å². The molecular formula is C14H17ClN2O. The first kappa shape index (κ1) is 13.1. The summed E-state index contributed by atoms with van der Waals surface area (Å²) < 4.78 is 5.40. The lowest BCUT2D eigenvalue weighted by Crippen LogP contribution is -2.23. The highest BCUT2D eigenvalue weighted by Crippen LogP contribution is 2.23. The number of rotatable bonds is 6. The van der Waals surface area contributed by atoms with Crippen LogP contribution in [0.4, 0.5) is 5.69 Å². The summed E-state index contributed by atoms with van der Waals surface area (Å²) >= 11 is 5.57. The molecule has 1 aromatic carbocycles. The summed E-state index contributed by atoms with van der Waals surface area (Å²) in [7, 11) is 2.06. The number of nitrogens with zero attached hydrogens (tertiary/aromatic N) is 2. The van der Waals surface area contributed by atoms with Crippen LogP contribution in [0.2, 0.25) is 0 Å². The van der Waals surface area contributed by atoms with Crippen molar-refractivity contribution < 1.29 is 4.74 Å². The maximum Gasteiger partial charge on any atom is 0.0722 e. The number of pyridine rings is 1. The molecule has 2 aromatic rings. The summed E-state index contributed by atoms with van der Waals surface area (Å²) in [6, 6.07) is 10.2. The maximum atomic E-state index is 5.57. The molecule has 18 heavy (non-hydrogen) atoms. The van der Waals surface area contributed by atoms with Crippen LogP contribution >= 0.6 is 11.6 Å². The molecule has 96 valence electrons. The molecule has 0 fully saturated rings. The molecule has 0 saturated carbocycles. The molecule has 4 heteroatoms. The molecule has 0 spiro atoms. The van der Waals surface area contributed by atoms with Crippen molar-refractivity contribution in [2.75, 3.05) is 37.6 Å². The lowest BCUT2D eigenvalue weighted by molar-refractivity contribution is 0.156. The molecule has 0 unspecified atom stereocenters. The third-order valence-electron chi connectivity index (χ3n) is 2.83. The van der Waals surface area contributed by atoms with E-state index in [9.17, 15) is 0 Å². The van der Waals surface area contributed by atoms with Crippen LogP contribution in [-0.2, 0) is 4.74 Å². The van der Waals surface area contributed by atoms with Crippen LogP contribution in [0.3, 0.4) is 0 Å². The number of para-hydroxylation sites is 1. The molecule has 0 N–H and O–H groups in total. The average molecular weight is 265 g/mol. The van der Waals surface area contributed by atoms with Crippen LogP contribution in [0.25, 0.3) is 10.9 Å². The van der Waals surface area contributed by atoms with Gasteiger partial charge in [-0.05, 0) is 12.1 Å². The zero-order valence-corrected chi connectivity index (χ0v) is 11.2. The minimum Gasteiger partial charge on any atom is -0.378 e. The van der Waals surface area contributed by atoms with Crippen molar-refractivity contribution >= 4 is 28.2 Å². The smallest absolute Gasteiger partial charge is 0.0722 e. The first-order valence-corrected chi connectivity index (χ1v) is 6.55. The quantitative estimate of drug-likeness (QED) is 0.593. The van der Waals surface area contributed by atoms with E-state index in [-0.39, 0.29) is 0 Å². The summed E-state index contributed by atoms with van der Waals surface area (Å²) in [4.78, 5) is 6.54. The zero-order valence-electron chi connectivity index (χ0n) is 10.5. The molecule has 0 aliphatic carbocycles. The van der Waals surface area contributed by atoms with Crippen LogP contribution in [0.5, 0.6) is 0 Å². The van der Waals surface area contributed by atoms with Crippen LogP contribution < -0.4 is 4.90 Å². The number of likely N-dealkylation sites (N-methyl/N-ethyl adjacent to an activating group) is 1. The van der Waals surface area contributed by atoms with Crippen molar-refractivity contribution in [2.24, 2.45) is 0 Å². The molecule has 0 saturated heterocycles. The number of halogens is 1. The Balaban J connectivity index is 2.10. The van der Waals surface area contributed by atoms with E-state index in [1.165, 1.54) is 11.1 Å². The van der Waals surface area contributed by atoms with Gasteiger partial charge < -0.3 is 9.64 Å². The number of benzene rings is 1. The SMILES string of the molecule is CN(CCOCCCl)c1ccnc2ccccc12. The molecule has 0 bridgehead atoms. The molecule has 2 rings (SSSR count). The Morgan fingerprint density at radius 2 is 2.06 bits per heavy atom. The first-order valence-electron chi connectivity index (χ1n) is 6.01. The minimum absolute atomic E-state index is 0.544. The van der Waals surface area contributed by atoms with Gasteiger partial charge in [0.15, 0.2) is 0 Å². The van der Waals surface area contributed by atoms with Gasteiger partial charge in [-0.1, -0.05) is 18.2 Å². The van der Waals surface area contributed by atoms with Gasteiger partial charge in [-0.3, -0.25) is 4.98 Å². The van der Waals surface area contributed by atoms with E-state index >= 15 is 0 Å². The molecule has 0 atom stereocenters. The first-order chi connectivity index (χ1) is 8.83. The number of hydrogen-bond donors (Lipinski definition) is 0. The number of ether oxygens (including phenoxy) is 1. The Labute approximate surface area is 112 Å². The Morgan fingerprint density at radius 1 is 1.22 bits per heavy atom. The van der Waals surface area contributed by atoms with Crippen molar-refractivity contribution in [3.05, 3.63) is 36.5 Å². The standard InChI is InChI=1S/C14H17ClN2O/c1-17(9-11-18-10-7-15)14-6-8-16-13-5-3-2-4-12(13)14/h2-6,8H,7,9-11H2,1H3. The second kappa shape index (κ2) is 6.57. The van der Waals surface area contributed by atoms with Gasteiger partial charge in [-0.25, -0.2) is 0 Å². The van der Waals surface area contributed by atoms with E-state index in [1.54, 1.807) is 0 Å². The second-order valence-electron chi connectivity index (χ2n) is 4.07. The minimum atomic E-state index is 0.544. The summed E-state index contributed by atoms with van der Waals surface area (Å²) in [6.07, 6.45) is 1.84. The van der Waals surface area contributed by atoms with Gasteiger partial charge in [0.05, 0.1) is 18.7 Å². The van der Waals surface area contributed by atoms with E-state index in [0.29, 0.717) is 19.1 Å². The summed E-state index contributed by atoms with van der Waals surface area (Å²) in [5, 5.41) is 1.17. The van der Waals surface area contributed by atoms with E-state index in [0.717, 1.165) is 12.1 Å². The van der Waals surface area contributed by atoms with Crippen LogP contribution in [-0.4, -0.2) is 37.7 Å². The Morgan fingerprint density at radius 3 is 2.89 bits per heavy atom. The van der Waals surface area contributed by atoms with Gasteiger partial charge >= 0.3 is 0 Å². The van der Waals surface area contributed by atoms with Gasteiger partial charge in [0.2, 0.25) is 0 Å². The Hall–Kier alpha value is -1.32. The number of anilines is 1. The highest BCUT2D eigenvalue weighted by Gasteiger charge is 2.05. The van der Waals surface area contributed by atoms with Gasteiger partial charge in [-0.15, -0.1) is 11.6 Å². The molecule has 0 aliphatic heterocycles. The van der Waals surface area contributed by atoms with Crippen LogP contribution in [0, 0.1) is 0 Å². The van der Waals surface area contributed by atoms with E-state index in [2.05, 4.69) is 23.0 Å². The number of hydrogen-bond acceptors (Lipinski definition) is 3. The predicted molar refractivity (Wildman–Crippen MR) is 76.6 cm³/mol. The monoisotopic (exact) mass is 264 g/mol. The Bertz CT molecular complexity index is 499. The molecule has 0 amide bonds. The number of fused-ring (bicyclic) bond motifs is 1. The highest BCUT2D eigenvalue weighted by molar-refractivity contribution is 6.17. The zero-order chi connectivity index (χ0) is 12.8. The maximum absolute atomic E-state index is 5.57. The van der Waals surface area contributed by atoms with Crippen molar-refractivity contribution in [1.29, 1.82) is 0 Å². The number of aromatic nitrogens is 1. The van der Waals surface area contributed by atoms with Crippen molar-refractivity contribution in [1.82, 2.24) is 4.98 Å². The molecule has 3 nitrogen and oxygen atoms in total. The van der Waals surface area contributed by atoms with Crippen LogP contribution in [0.1, 0.15) is 0 Å². The molecule has 1 aromatic heterocycles. The number of alkyl halides is 1. The Kier molecular flexibility index (Phi) is 4.79. The molecule has 0 radical (unpaired) electrons. The lowest BCUT2D eigenvalue weighted by Gasteiger charge is -2.20. The van der Waals surface area contributed by atoms with Gasteiger partial charge in [0.25, 0.3) is 0 Å². The summed E-state index contributed by atoms with van der Waals surface area (Å²) in [6.45, 7) is 2.12. The third kappa shape index (κ3) is 3.12. The van der Waals surface area contributed by atoms with Gasteiger partial charge in [-0.2, -0.15) is 0 Å². The normalized spacial score (nSPS) is 10.8. The molecule has 1 heterocycles. The highest BCUT2D eigenvalue weighted by atomic mass is 35.5. The van der Waals surface area contributed by atoms with Crippen molar-refractivity contribution in [3.63, 3.8) is 0 Å². The van der Waals surface area contributed by atoms with Crippen molar-refractivity contribution in [2.45, 2.75) is 0 Å². The fraction of sp³-hybridized carbons (Fsp3) is 0.357. The molecular weight excluding hydrogens is 248 g/mol. The summed E-state index contributed by atoms with van der Waals surface area (Å²) in [5.74, 6) is 0.544. The fourth-order valence-electron chi connectivity index (χ4n) is 1.89. The van der Waals surface area contributed by atoms with Gasteiger partial charge in [0, 0.05) is 36.7 Å². The second-order valence-corrected chi connectivity index (χ2v) is 4.45. The van der Waals surface area contributed by atoms with E-state index in [4.69, 9.17) is 16.3 Å². The third-order valence-corrected chi connectivity index (χ3v) is 2.98. The van der Waals surface area contributed by atoms with E-state index in [1.807, 2.05) is 30.5 Å². The van der Waals surface area contributed by atoms with Crippen molar-refractivity contribution in [3.8, 4) is 0 Å².